The summed E-state index contributed by atoms with van der Waals surface area (Å²) in [6.45, 7) is 4.00. The molecule has 7 heteroatoms. The predicted molar refractivity (Wildman–Crippen MR) is 53.8 cm³/mol. The van der Waals surface area contributed by atoms with E-state index < -0.39 is 7.82 Å². The van der Waals surface area contributed by atoms with Gasteiger partial charge in [-0.3, -0.25) is 9.05 Å². The van der Waals surface area contributed by atoms with E-state index in [1.165, 1.54) is 14.2 Å². The molecule has 0 saturated carbocycles. The van der Waals surface area contributed by atoms with E-state index in [9.17, 15) is 4.57 Å². The summed E-state index contributed by atoms with van der Waals surface area (Å²) in [6, 6.07) is 0. The summed E-state index contributed by atoms with van der Waals surface area (Å²) in [4.78, 5) is 0. The van der Waals surface area contributed by atoms with Gasteiger partial charge in [0.1, 0.15) is 10.8 Å². The van der Waals surface area contributed by atoms with Crippen LogP contribution in [-0.4, -0.2) is 14.2 Å². The van der Waals surface area contributed by atoms with Crippen molar-refractivity contribution in [1.29, 1.82) is 0 Å². The van der Waals surface area contributed by atoms with Crippen molar-refractivity contribution in [2.24, 2.45) is 0 Å². The largest absolute Gasteiger partial charge is 0.529 e. The molecular weight excluding hydrogens is 238 g/mol. The molecule has 0 atom stereocenters. The highest BCUT2D eigenvalue weighted by molar-refractivity contribution is 7.48. The van der Waals surface area contributed by atoms with E-state index in [1.54, 1.807) is 0 Å². The molecule has 0 amide bonds. The molecule has 0 saturated heterocycles. The lowest BCUT2D eigenvalue weighted by atomic mass is 11.0. The van der Waals surface area contributed by atoms with Gasteiger partial charge in [-0.2, -0.15) is 0 Å². The molecule has 0 aliphatic heterocycles. The van der Waals surface area contributed by atoms with E-state index in [1.807, 2.05) is 13.8 Å². The van der Waals surface area contributed by atoms with E-state index in [2.05, 4.69) is 13.6 Å². The van der Waals surface area contributed by atoms with Gasteiger partial charge in [-0.25, -0.2) is 4.57 Å². The Balaban J connectivity index is 0. The number of hydrogen-bond acceptors (Lipinski definition) is 4. The highest BCUT2D eigenvalue weighted by atomic mass is 35.5. The van der Waals surface area contributed by atoms with Gasteiger partial charge >= 0.3 is 7.82 Å². The Kier molecular flexibility index (Phi) is 10.7. The van der Waals surface area contributed by atoms with Gasteiger partial charge in [-0.15, -0.1) is 0 Å². The molecule has 0 aromatic heterocycles. The molecular formula is C6H13Cl2O4P. The van der Waals surface area contributed by atoms with Gasteiger partial charge in [0.15, 0.2) is 0 Å². The maximum absolute atomic E-state index is 11.0. The average Bonchev–Trinajstić information content (AvgIpc) is 2.17. The van der Waals surface area contributed by atoms with Gasteiger partial charge in [0.05, 0.1) is 0 Å². The summed E-state index contributed by atoms with van der Waals surface area (Å²) in [5.41, 5.74) is 0. The van der Waals surface area contributed by atoms with E-state index in [0.29, 0.717) is 0 Å². The number of phosphoric ester groups is 1. The van der Waals surface area contributed by atoms with Gasteiger partial charge in [-0.1, -0.05) is 37.0 Å². The van der Waals surface area contributed by atoms with E-state index in [4.69, 9.17) is 23.2 Å². The molecule has 0 N–H and O–H groups in total. The molecule has 0 rings (SSSR count). The van der Waals surface area contributed by atoms with E-state index in [0.717, 1.165) is 6.26 Å². The van der Waals surface area contributed by atoms with Crippen LogP contribution < -0.4 is 0 Å². The third-order valence-corrected chi connectivity index (χ3v) is 2.15. The topological polar surface area (TPSA) is 44.8 Å². The minimum absolute atomic E-state index is 0.167. The van der Waals surface area contributed by atoms with Gasteiger partial charge < -0.3 is 4.52 Å². The average molecular weight is 251 g/mol. The molecule has 80 valence electrons. The molecule has 4 nitrogen and oxygen atoms in total. The summed E-state index contributed by atoms with van der Waals surface area (Å²) in [5.74, 6) is 0. The standard InChI is InChI=1S/C4H7Cl2O4P.C2H6/c1-8-11(7,9-2)10-3-4(5)6;1-2/h3H,1-2H3;1-2H3. The summed E-state index contributed by atoms with van der Waals surface area (Å²) in [6.07, 6.45) is 0.872. The van der Waals surface area contributed by atoms with Crippen molar-refractivity contribution in [2.45, 2.75) is 13.8 Å². The van der Waals surface area contributed by atoms with Gasteiger partial charge in [-0.05, 0) is 0 Å². The summed E-state index contributed by atoms with van der Waals surface area (Å²) in [5, 5.41) is 0. The Hall–Kier alpha value is 0.270. The smallest absolute Gasteiger partial charge is 0.409 e. The quantitative estimate of drug-likeness (QED) is 0.564. The van der Waals surface area contributed by atoms with Crippen LogP contribution in [0.25, 0.3) is 0 Å². The zero-order valence-corrected chi connectivity index (χ0v) is 10.3. The Morgan fingerprint density at radius 3 is 1.85 bits per heavy atom. The van der Waals surface area contributed by atoms with Crippen LogP contribution in [0.15, 0.2) is 10.8 Å². The SMILES string of the molecule is CC.COP(=O)(OC)OC=C(Cl)Cl. The monoisotopic (exact) mass is 250 g/mol. The lowest BCUT2D eigenvalue weighted by molar-refractivity contribution is 0.194. The molecule has 0 fully saturated rings. The maximum Gasteiger partial charge on any atom is 0.529 e. The van der Waals surface area contributed by atoms with Gasteiger partial charge in [0.25, 0.3) is 0 Å². The van der Waals surface area contributed by atoms with Crippen molar-refractivity contribution >= 4 is 31.0 Å². The molecule has 0 bridgehead atoms. The highest BCUT2D eigenvalue weighted by Gasteiger charge is 2.22. The van der Waals surface area contributed by atoms with E-state index >= 15 is 0 Å². The Bertz CT molecular complexity index is 183. The van der Waals surface area contributed by atoms with Crippen LogP contribution in [0.3, 0.4) is 0 Å². The van der Waals surface area contributed by atoms with Crippen LogP contribution in [0.4, 0.5) is 0 Å². The van der Waals surface area contributed by atoms with Gasteiger partial charge in [0, 0.05) is 14.2 Å². The van der Waals surface area contributed by atoms with E-state index in [-0.39, 0.29) is 4.49 Å². The van der Waals surface area contributed by atoms with Crippen LogP contribution in [0.5, 0.6) is 0 Å². The molecule has 0 aliphatic rings. The van der Waals surface area contributed by atoms with Crippen LogP contribution in [0.2, 0.25) is 0 Å². The molecule has 0 heterocycles. The molecule has 0 unspecified atom stereocenters. The van der Waals surface area contributed by atoms with Crippen LogP contribution >= 0.6 is 31.0 Å². The number of hydrogen-bond donors (Lipinski definition) is 0. The predicted octanol–water partition coefficient (Wildman–Crippen LogP) is 3.71. The second kappa shape index (κ2) is 8.85. The maximum atomic E-state index is 11.0. The van der Waals surface area contributed by atoms with Crippen molar-refractivity contribution in [1.82, 2.24) is 0 Å². The van der Waals surface area contributed by atoms with Crippen LogP contribution in [-0.2, 0) is 18.1 Å². The zero-order valence-electron chi connectivity index (χ0n) is 7.91. The van der Waals surface area contributed by atoms with Crippen molar-refractivity contribution in [3.63, 3.8) is 0 Å². The summed E-state index contributed by atoms with van der Waals surface area (Å²) < 4.78 is 24.1. The normalized spacial score (nSPS) is 9.69. The number of rotatable bonds is 4. The Labute approximate surface area is 88.4 Å². The minimum atomic E-state index is -3.48. The summed E-state index contributed by atoms with van der Waals surface area (Å²) >= 11 is 10.3. The second-order valence-electron chi connectivity index (χ2n) is 1.33. The molecule has 0 aromatic rings. The fourth-order valence-corrected chi connectivity index (χ4v) is 1.03. The summed E-state index contributed by atoms with van der Waals surface area (Å²) in [7, 11) is -1.12. The van der Waals surface area contributed by atoms with Crippen molar-refractivity contribution < 1.29 is 18.1 Å². The first-order valence-corrected chi connectivity index (χ1v) is 5.67. The Morgan fingerprint density at radius 2 is 1.62 bits per heavy atom. The number of halogens is 2. The third-order valence-electron chi connectivity index (χ3n) is 0.718. The highest BCUT2D eigenvalue weighted by Crippen LogP contribution is 2.48. The number of phosphoric acid groups is 1. The minimum Gasteiger partial charge on any atom is -0.409 e. The molecule has 0 aliphatic carbocycles. The second-order valence-corrected chi connectivity index (χ2v) is 4.17. The molecule has 0 aromatic carbocycles. The third kappa shape index (κ3) is 8.60. The first kappa shape index (κ1) is 15.7. The lowest BCUT2D eigenvalue weighted by Gasteiger charge is -2.10. The lowest BCUT2D eigenvalue weighted by Crippen LogP contribution is -1.88. The van der Waals surface area contributed by atoms with Crippen molar-refractivity contribution in [2.75, 3.05) is 14.2 Å². The van der Waals surface area contributed by atoms with Crippen LogP contribution in [0, 0.1) is 0 Å². The fourth-order valence-electron chi connectivity index (χ4n) is 0.265. The first-order chi connectivity index (χ1) is 6.04. The first-order valence-electron chi connectivity index (χ1n) is 3.45. The van der Waals surface area contributed by atoms with Crippen molar-refractivity contribution in [3.05, 3.63) is 10.8 Å². The van der Waals surface area contributed by atoms with Crippen LogP contribution in [0.1, 0.15) is 13.8 Å². The zero-order chi connectivity index (χ0) is 10.9. The van der Waals surface area contributed by atoms with Gasteiger partial charge in [0.2, 0.25) is 0 Å². The molecule has 0 spiro atoms. The molecule has 13 heavy (non-hydrogen) atoms. The molecule has 0 radical (unpaired) electrons. The Morgan fingerprint density at radius 1 is 1.23 bits per heavy atom. The fraction of sp³-hybridized carbons (Fsp3) is 0.667. The van der Waals surface area contributed by atoms with Crippen molar-refractivity contribution in [3.8, 4) is 0 Å².